The Hall–Kier alpha value is -3.90. The molecule has 1 aliphatic rings. The molecule has 1 aliphatic heterocycles. The number of aryl methyl sites for hydroxylation is 2. The molecular weight excluding hydrogens is 457 g/mol. The molecule has 3 aromatic heterocycles. The molecule has 0 radical (unpaired) electrons. The van der Waals surface area contributed by atoms with Gasteiger partial charge in [-0.25, -0.2) is 19.7 Å². The lowest BCUT2D eigenvalue weighted by atomic mass is 9.97. The lowest BCUT2D eigenvalue weighted by molar-refractivity contribution is -0.192. The number of nitrogens with two attached hydrogens (primary N) is 1. The van der Waals surface area contributed by atoms with Gasteiger partial charge < -0.3 is 25.1 Å². The molecule has 34 heavy (non-hydrogen) atoms. The fraction of sp³-hybridized carbons (Fsp3) is 0.381. The number of imidazole rings is 1. The van der Waals surface area contributed by atoms with Gasteiger partial charge >= 0.3 is 12.1 Å². The number of likely N-dealkylation sites (tertiary alicyclic amines) is 1. The quantitative estimate of drug-likeness (QED) is 0.516. The second-order valence-electron chi connectivity index (χ2n) is 7.73. The average molecular weight is 480 g/mol. The minimum atomic E-state index is -5.08. The Morgan fingerprint density at radius 1 is 1.29 bits per heavy atom. The fourth-order valence-corrected chi connectivity index (χ4v) is 3.41. The van der Waals surface area contributed by atoms with Crippen molar-refractivity contribution in [2.75, 3.05) is 18.8 Å². The van der Waals surface area contributed by atoms with E-state index in [1.807, 2.05) is 18.7 Å². The third-order valence-corrected chi connectivity index (χ3v) is 5.31. The van der Waals surface area contributed by atoms with Crippen LogP contribution in [-0.2, 0) is 4.79 Å². The van der Waals surface area contributed by atoms with Gasteiger partial charge in [-0.05, 0) is 32.8 Å². The summed E-state index contributed by atoms with van der Waals surface area (Å²) in [6, 6.07) is 1.75. The molecule has 10 nitrogen and oxygen atoms in total. The maximum Gasteiger partial charge on any atom is 0.490 e. The molecule has 1 atom stereocenters. The van der Waals surface area contributed by atoms with Crippen molar-refractivity contribution >= 4 is 17.7 Å². The molecule has 1 fully saturated rings. The van der Waals surface area contributed by atoms with Gasteiger partial charge in [0.25, 0.3) is 5.91 Å². The SMILES string of the molecule is Cc1nc(C2CCCN(C(=O)c3cnc(-c4ccoc4)nc3N)C2)[nH]c1C.O=C(O)C(F)(F)F. The number of rotatable bonds is 3. The first-order chi connectivity index (χ1) is 16.0. The number of alkyl halides is 3. The van der Waals surface area contributed by atoms with Crippen molar-refractivity contribution in [3.63, 3.8) is 0 Å². The van der Waals surface area contributed by atoms with E-state index in [2.05, 4.69) is 19.9 Å². The number of halogens is 3. The van der Waals surface area contributed by atoms with E-state index in [4.69, 9.17) is 20.1 Å². The number of carbonyl (C=O) groups is 2. The summed E-state index contributed by atoms with van der Waals surface area (Å²) in [5.41, 5.74) is 9.18. The first-order valence-corrected chi connectivity index (χ1v) is 10.2. The Morgan fingerprint density at radius 3 is 2.53 bits per heavy atom. The van der Waals surface area contributed by atoms with Crippen LogP contribution in [0.5, 0.6) is 0 Å². The van der Waals surface area contributed by atoms with Crippen molar-refractivity contribution in [1.29, 1.82) is 0 Å². The Morgan fingerprint density at radius 2 is 2.00 bits per heavy atom. The Balaban J connectivity index is 0.000000406. The normalized spacial score (nSPS) is 16.0. The molecule has 1 unspecified atom stereocenters. The van der Waals surface area contributed by atoms with Crippen LogP contribution < -0.4 is 5.73 Å². The zero-order valence-electron chi connectivity index (χ0n) is 18.4. The molecule has 4 heterocycles. The average Bonchev–Trinajstić information content (AvgIpc) is 3.43. The second kappa shape index (κ2) is 9.93. The summed E-state index contributed by atoms with van der Waals surface area (Å²) in [7, 11) is 0. The lowest BCUT2D eigenvalue weighted by Gasteiger charge is -2.32. The van der Waals surface area contributed by atoms with Gasteiger partial charge in [0, 0.05) is 30.9 Å². The summed E-state index contributed by atoms with van der Waals surface area (Å²) < 4.78 is 36.8. The molecule has 1 saturated heterocycles. The van der Waals surface area contributed by atoms with E-state index in [0.29, 0.717) is 24.5 Å². The van der Waals surface area contributed by atoms with E-state index in [1.165, 1.54) is 6.20 Å². The zero-order valence-corrected chi connectivity index (χ0v) is 18.4. The van der Waals surface area contributed by atoms with Gasteiger partial charge in [0.05, 0.1) is 17.5 Å². The number of nitrogens with zero attached hydrogens (tertiary/aromatic N) is 4. The van der Waals surface area contributed by atoms with Gasteiger partial charge in [0.15, 0.2) is 5.82 Å². The molecule has 3 aromatic rings. The summed E-state index contributed by atoms with van der Waals surface area (Å²) in [5.74, 6) is -1.14. The molecular formula is C21H23F3N6O4. The van der Waals surface area contributed by atoms with Crippen LogP contribution >= 0.6 is 0 Å². The van der Waals surface area contributed by atoms with Gasteiger partial charge in [-0.2, -0.15) is 13.2 Å². The molecule has 4 N–H and O–H groups in total. The van der Waals surface area contributed by atoms with Gasteiger partial charge in [-0.1, -0.05) is 0 Å². The topological polar surface area (TPSA) is 151 Å². The summed E-state index contributed by atoms with van der Waals surface area (Å²) in [6.45, 7) is 5.29. The maximum absolute atomic E-state index is 13.0. The Bertz CT molecular complexity index is 1140. The number of amides is 1. The van der Waals surface area contributed by atoms with Crippen LogP contribution in [0.1, 0.15) is 46.3 Å². The largest absolute Gasteiger partial charge is 0.490 e. The highest BCUT2D eigenvalue weighted by Crippen LogP contribution is 2.27. The summed E-state index contributed by atoms with van der Waals surface area (Å²) >= 11 is 0. The standard InChI is InChI=1S/C19H22N6O2.C2HF3O2/c1-11-12(2)23-18(22-11)13-4-3-6-25(9-13)19(26)15-8-21-17(24-16(15)20)14-5-7-27-10-14;3-2(4,5)1(6)7/h5,7-8,10,13H,3-4,6,9H2,1-2H3,(H,22,23)(H2,20,21,24);(H,6,7). The molecule has 0 saturated carbocycles. The number of carboxylic acids is 1. The first-order valence-electron chi connectivity index (χ1n) is 10.2. The molecule has 0 aromatic carbocycles. The highest BCUT2D eigenvalue weighted by molar-refractivity contribution is 5.98. The van der Waals surface area contributed by atoms with E-state index in [0.717, 1.165) is 35.6 Å². The number of nitrogen functional groups attached to an aromatic ring is 1. The second-order valence-corrected chi connectivity index (χ2v) is 7.73. The van der Waals surface area contributed by atoms with E-state index in [-0.39, 0.29) is 17.6 Å². The van der Waals surface area contributed by atoms with Crippen molar-refractivity contribution in [2.24, 2.45) is 0 Å². The maximum atomic E-state index is 13.0. The summed E-state index contributed by atoms with van der Waals surface area (Å²) in [4.78, 5) is 40.2. The molecule has 0 aliphatic carbocycles. The molecule has 4 rings (SSSR count). The zero-order chi connectivity index (χ0) is 25.0. The van der Waals surface area contributed by atoms with Crippen molar-refractivity contribution in [1.82, 2.24) is 24.8 Å². The fourth-order valence-electron chi connectivity index (χ4n) is 3.41. The van der Waals surface area contributed by atoms with Crippen molar-refractivity contribution in [3.8, 4) is 11.4 Å². The number of hydrogen-bond acceptors (Lipinski definition) is 7. The number of aliphatic carboxylic acids is 1. The number of piperidine rings is 1. The van der Waals surface area contributed by atoms with Crippen LogP contribution in [0.2, 0.25) is 0 Å². The number of carbonyl (C=O) groups excluding carboxylic acids is 1. The predicted octanol–water partition coefficient (Wildman–Crippen LogP) is 3.31. The Kier molecular flexibility index (Phi) is 7.23. The third kappa shape index (κ3) is 5.71. The number of anilines is 1. The first kappa shape index (κ1) is 24.7. The van der Waals surface area contributed by atoms with Crippen LogP contribution in [0.4, 0.5) is 19.0 Å². The third-order valence-electron chi connectivity index (χ3n) is 5.31. The van der Waals surface area contributed by atoms with Gasteiger partial charge in [-0.15, -0.1) is 0 Å². The van der Waals surface area contributed by atoms with E-state index in [9.17, 15) is 18.0 Å². The highest BCUT2D eigenvalue weighted by atomic mass is 19.4. The smallest absolute Gasteiger partial charge is 0.475 e. The van der Waals surface area contributed by atoms with E-state index in [1.54, 1.807) is 18.6 Å². The number of carboxylic acid groups (broad SMARTS) is 1. The number of hydrogen-bond donors (Lipinski definition) is 3. The molecule has 0 spiro atoms. The minimum absolute atomic E-state index is 0.143. The van der Waals surface area contributed by atoms with Crippen molar-refractivity contribution in [2.45, 2.75) is 38.8 Å². The molecule has 182 valence electrons. The monoisotopic (exact) mass is 480 g/mol. The number of aromatic nitrogens is 4. The van der Waals surface area contributed by atoms with Crippen molar-refractivity contribution in [3.05, 3.63) is 47.6 Å². The van der Waals surface area contributed by atoms with Crippen LogP contribution in [0.25, 0.3) is 11.4 Å². The number of furan rings is 1. The minimum Gasteiger partial charge on any atom is -0.475 e. The van der Waals surface area contributed by atoms with Crippen LogP contribution in [-0.4, -0.2) is 61.1 Å². The number of nitrogens with one attached hydrogen (secondary N) is 1. The number of H-pyrrole nitrogens is 1. The van der Waals surface area contributed by atoms with Crippen LogP contribution in [0.3, 0.4) is 0 Å². The summed E-state index contributed by atoms with van der Waals surface area (Å²) in [5, 5.41) is 7.12. The summed E-state index contributed by atoms with van der Waals surface area (Å²) in [6.07, 6.45) is 1.42. The molecule has 1 amide bonds. The lowest BCUT2D eigenvalue weighted by Crippen LogP contribution is -2.39. The highest BCUT2D eigenvalue weighted by Gasteiger charge is 2.38. The van der Waals surface area contributed by atoms with Crippen LogP contribution in [0, 0.1) is 13.8 Å². The molecule has 0 bridgehead atoms. The van der Waals surface area contributed by atoms with Gasteiger partial charge in [-0.3, -0.25) is 4.79 Å². The van der Waals surface area contributed by atoms with E-state index >= 15 is 0 Å². The Labute approximate surface area is 192 Å². The molecule has 13 heteroatoms. The van der Waals surface area contributed by atoms with E-state index < -0.39 is 12.1 Å². The van der Waals surface area contributed by atoms with Crippen LogP contribution in [0.15, 0.2) is 29.2 Å². The van der Waals surface area contributed by atoms with Crippen molar-refractivity contribution < 1.29 is 32.3 Å². The van der Waals surface area contributed by atoms with Gasteiger partial charge in [0.2, 0.25) is 0 Å². The van der Waals surface area contributed by atoms with Gasteiger partial charge in [0.1, 0.15) is 23.5 Å². The number of aromatic amines is 1. The predicted molar refractivity (Wildman–Crippen MR) is 114 cm³/mol.